The van der Waals surface area contributed by atoms with Crippen molar-refractivity contribution in [2.75, 3.05) is 13.1 Å². The molecule has 3 rings (SSSR count). The Kier molecular flexibility index (Phi) is 4.73. The Hall–Kier alpha value is -1.73. The van der Waals surface area contributed by atoms with E-state index in [1.54, 1.807) is 23.4 Å². The molecule has 1 aliphatic rings. The van der Waals surface area contributed by atoms with Gasteiger partial charge in [-0.05, 0) is 36.5 Å². The normalized spacial score (nSPS) is 17.5. The third-order valence-electron chi connectivity index (χ3n) is 4.53. The maximum absolute atomic E-state index is 12.8. The van der Waals surface area contributed by atoms with Gasteiger partial charge < -0.3 is 4.42 Å². The molecule has 0 saturated carbocycles. The molecule has 24 heavy (non-hydrogen) atoms. The highest BCUT2D eigenvalue weighted by molar-refractivity contribution is 7.89. The van der Waals surface area contributed by atoms with Crippen LogP contribution in [0.1, 0.15) is 55.9 Å². The van der Waals surface area contributed by atoms with E-state index in [0.29, 0.717) is 48.5 Å². The summed E-state index contributed by atoms with van der Waals surface area (Å²) in [4.78, 5) is 0.360. The molecule has 0 atom stereocenters. The van der Waals surface area contributed by atoms with Crippen LogP contribution in [0.5, 0.6) is 0 Å². The van der Waals surface area contributed by atoms with Gasteiger partial charge in [-0.15, -0.1) is 10.2 Å². The Bertz CT molecular complexity index is 789. The zero-order valence-corrected chi connectivity index (χ0v) is 15.1. The molecule has 1 aliphatic heterocycles. The van der Waals surface area contributed by atoms with Crippen LogP contribution in [0.15, 0.2) is 33.6 Å². The summed E-state index contributed by atoms with van der Waals surface area (Å²) in [6.07, 6.45) is 1.40. The number of nitrogens with zero attached hydrogens (tertiary/aromatic N) is 3. The van der Waals surface area contributed by atoms with E-state index in [0.717, 1.165) is 5.56 Å². The van der Waals surface area contributed by atoms with Crippen LogP contribution >= 0.6 is 0 Å². The molecule has 1 saturated heterocycles. The number of sulfonamides is 1. The quantitative estimate of drug-likeness (QED) is 0.848. The molecular formula is C17H23N3O3S. The maximum Gasteiger partial charge on any atom is 0.243 e. The van der Waals surface area contributed by atoms with Crippen molar-refractivity contribution in [2.45, 2.75) is 50.3 Å². The van der Waals surface area contributed by atoms with Crippen LogP contribution in [0.4, 0.5) is 0 Å². The lowest BCUT2D eigenvalue weighted by molar-refractivity contribution is 0.288. The van der Waals surface area contributed by atoms with Crippen LogP contribution in [-0.4, -0.2) is 36.0 Å². The standard InChI is InChI=1S/C17H23N3O3S/c1-12(2)14-4-6-16(7-5-14)24(21,22)20-10-8-15(9-11-20)17-19-18-13(3)23-17/h4-7,12,15H,8-11H2,1-3H3. The molecule has 2 heterocycles. The minimum atomic E-state index is -3.44. The number of aromatic nitrogens is 2. The molecular weight excluding hydrogens is 326 g/mol. The van der Waals surface area contributed by atoms with Crippen LogP contribution in [0.3, 0.4) is 0 Å². The van der Waals surface area contributed by atoms with Gasteiger partial charge in [0.25, 0.3) is 0 Å². The van der Waals surface area contributed by atoms with E-state index in [9.17, 15) is 8.42 Å². The average Bonchev–Trinajstić information content (AvgIpc) is 3.01. The number of hydrogen-bond acceptors (Lipinski definition) is 5. The molecule has 0 unspecified atom stereocenters. The van der Waals surface area contributed by atoms with Crippen molar-refractivity contribution in [1.29, 1.82) is 0 Å². The summed E-state index contributed by atoms with van der Waals surface area (Å²) in [6.45, 7) is 6.89. The third kappa shape index (κ3) is 3.37. The highest BCUT2D eigenvalue weighted by Gasteiger charge is 2.31. The van der Waals surface area contributed by atoms with Crippen molar-refractivity contribution in [1.82, 2.24) is 14.5 Å². The summed E-state index contributed by atoms with van der Waals surface area (Å²) in [5.41, 5.74) is 1.14. The molecule has 0 radical (unpaired) electrons. The Balaban J connectivity index is 1.70. The van der Waals surface area contributed by atoms with Crippen molar-refractivity contribution >= 4 is 10.0 Å². The summed E-state index contributed by atoms with van der Waals surface area (Å²) in [6, 6.07) is 7.20. The number of rotatable bonds is 4. The van der Waals surface area contributed by atoms with Crippen molar-refractivity contribution in [2.24, 2.45) is 0 Å². The van der Waals surface area contributed by atoms with Gasteiger partial charge in [-0.1, -0.05) is 26.0 Å². The average molecular weight is 349 g/mol. The first-order chi connectivity index (χ1) is 11.4. The van der Waals surface area contributed by atoms with Gasteiger partial charge in [0.1, 0.15) is 0 Å². The lowest BCUT2D eigenvalue weighted by Crippen LogP contribution is -2.37. The number of hydrogen-bond donors (Lipinski definition) is 0. The molecule has 0 spiro atoms. The Morgan fingerprint density at radius 2 is 1.75 bits per heavy atom. The Morgan fingerprint density at radius 1 is 1.12 bits per heavy atom. The van der Waals surface area contributed by atoms with Crippen LogP contribution in [0.2, 0.25) is 0 Å². The largest absolute Gasteiger partial charge is 0.425 e. The zero-order chi connectivity index (χ0) is 17.3. The van der Waals surface area contributed by atoms with E-state index in [2.05, 4.69) is 24.0 Å². The first kappa shape index (κ1) is 17.1. The van der Waals surface area contributed by atoms with Crippen molar-refractivity contribution in [3.8, 4) is 0 Å². The van der Waals surface area contributed by atoms with E-state index in [-0.39, 0.29) is 5.92 Å². The molecule has 7 heteroatoms. The van der Waals surface area contributed by atoms with Crippen molar-refractivity contribution in [3.63, 3.8) is 0 Å². The number of aryl methyl sites for hydroxylation is 1. The highest BCUT2D eigenvalue weighted by atomic mass is 32.2. The summed E-state index contributed by atoms with van der Waals surface area (Å²) in [5, 5.41) is 7.91. The smallest absolute Gasteiger partial charge is 0.243 e. The van der Waals surface area contributed by atoms with Crippen molar-refractivity contribution in [3.05, 3.63) is 41.6 Å². The van der Waals surface area contributed by atoms with E-state index in [1.807, 2.05) is 12.1 Å². The van der Waals surface area contributed by atoms with Crippen LogP contribution in [-0.2, 0) is 10.0 Å². The summed E-state index contributed by atoms with van der Waals surface area (Å²) < 4.78 is 32.6. The van der Waals surface area contributed by atoms with E-state index in [4.69, 9.17) is 4.42 Å². The topological polar surface area (TPSA) is 76.3 Å². The Morgan fingerprint density at radius 3 is 2.25 bits per heavy atom. The SMILES string of the molecule is Cc1nnc(C2CCN(S(=O)(=O)c3ccc(C(C)C)cc3)CC2)o1. The first-order valence-electron chi connectivity index (χ1n) is 8.28. The minimum Gasteiger partial charge on any atom is -0.425 e. The molecule has 0 amide bonds. The van der Waals surface area contributed by atoms with E-state index < -0.39 is 10.0 Å². The molecule has 6 nitrogen and oxygen atoms in total. The molecule has 0 N–H and O–H groups in total. The third-order valence-corrected chi connectivity index (χ3v) is 6.44. The molecule has 2 aromatic rings. The number of piperidine rings is 1. The second-order valence-corrected chi connectivity index (χ2v) is 8.50. The zero-order valence-electron chi connectivity index (χ0n) is 14.3. The lowest BCUT2D eigenvalue weighted by Gasteiger charge is -2.29. The van der Waals surface area contributed by atoms with Gasteiger partial charge in [0, 0.05) is 25.9 Å². The van der Waals surface area contributed by atoms with Gasteiger partial charge >= 0.3 is 0 Å². The van der Waals surface area contributed by atoms with Gasteiger partial charge in [0.05, 0.1) is 4.90 Å². The lowest BCUT2D eigenvalue weighted by atomic mass is 9.98. The molecule has 1 aromatic heterocycles. The second kappa shape index (κ2) is 6.64. The molecule has 1 fully saturated rings. The molecule has 0 aliphatic carbocycles. The van der Waals surface area contributed by atoms with E-state index >= 15 is 0 Å². The summed E-state index contributed by atoms with van der Waals surface area (Å²) in [5.74, 6) is 1.69. The summed E-state index contributed by atoms with van der Waals surface area (Å²) in [7, 11) is -3.44. The first-order valence-corrected chi connectivity index (χ1v) is 9.72. The molecule has 1 aromatic carbocycles. The fraction of sp³-hybridized carbons (Fsp3) is 0.529. The van der Waals surface area contributed by atoms with Crippen molar-refractivity contribution < 1.29 is 12.8 Å². The summed E-state index contributed by atoms with van der Waals surface area (Å²) >= 11 is 0. The fourth-order valence-electron chi connectivity index (χ4n) is 2.99. The predicted molar refractivity (Wildman–Crippen MR) is 90.3 cm³/mol. The predicted octanol–water partition coefficient (Wildman–Crippen LogP) is 3.07. The van der Waals surface area contributed by atoms with Crippen LogP contribution < -0.4 is 0 Å². The van der Waals surface area contributed by atoms with Gasteiger partial charge in [0.15, 0.2) is 0 Å². The monoisotopic (exact) mass is 349 g/mol. The number of benzene rings is 1. The van der Waals surface area contributed by atoms with Gasteiger partial charge in [-0.25, -0.2) is 8.42 Å². The maximum atomic E-state index is 12.8. The fourth-order valence-corrected chi connectivity index (χ4v) is 4.46. The Labute approximate surface area is 142 Å². The van der Waals surface area contributed by atoms with E-state index in [1.165, 1.54) is 0 Å². The highest BCUT2D eigenvalue weighted by Crippen LogP contribution is 2.30. The van der Waals surface area contributed by atoms with Gasteiger partial charge in [-0.3, -0.25) is 0 Å². The van der Waals surface area contributed by atoms with Gasteiger partial charge in [-0.2, -0.15) is 4.31 Å². The van der Waals surface area contributed by atoms with Crippen LogP contribution in [0.25, 0.3) is 0 Å². The minimum absolute atomic E-state index is 0.140. The van der Waals surface area contributed by atoms with Crippen LogP contribution in [0, 0.1) is 6.92 Å². The van der Waals surface area contributed by atoms with Gasteiger partial charge in [0.2, 0.25) is 21.8 Å². The molecule has 0 bridgehead atoms. The second-order valence-electron chi connectivity index (χ2n) is 6.56. The molecule has 130 valence electrons.